The maximum Gasteiger partial charge on any atom is 0.168 e. The molecule has 0 spiro atoms. The first-order chi connectivity index (χ1) is 17.1. The number of halogens is 2. The molecule has 0 radical (unpaired) electrons. The highest BCUT2D eigenvalue weighted by molar-refractivity contribution is 5.60. The van der Waals surface area contributed by atoms with E-state index in [2.05, 4.69) is 24.0 Å². The van der Waals surface area contributed by atoms with E-state index < -0.39 is 11.6 Å². The predicted molar refractivity (Wildman–Crippen MR) is 142 cm³/mol. The summed E-state index contributed by atoms with van der Waals surface area (Å²) in [6.45, 7) is 4.45. The molecule has 3 rings (SSSR count). The van der Waals surface area contributed by atoms with Gasteiger partial charge in [0.1, 0.15) is 0 Å². The molecule has 194 valence electrons. The molecule has 0 saturated heterocycles. The fourth-order valence-electron chi connectivity index (χ4n) is 5.56. The zero-order chi connectivity index (χ0) is 24.9. The standard InChI is InChI=1S/C31H46F2N2/c1-3-5-7-9-10-12-24-14-16-25(17-15-24)18-19-26-20-22-28(31(33)30(26)32)29-23-21-27(34-35-29)13-11-8-6-4-2/h20-25H,3-19H2,1-2H3. The minimum absolute atomic E-state index is 0.204. The molecule has 4 heteroatoms. The smallest absolute Gasteiger partial charge is 0.168 e. The van der Waals surface area contributed by atoms with Crippen LogP contribution in [-0.2, 0) is 12.8 Å². The summed E-state index contributed by atoms with van der Waals surface area (Å²) in [5.74, 6) is 0.0161. The maximum atomic E-state index is 14.9. The van der Waals surface area contributed by atoms with Crippen molar-refractivity contribution in [3.63, 3.8) is 0 Å². The summed E-state index contributed by atoms with van der Waals surface area (Å²) in [6, 6.07) is 7.08. The van der Waals surface area contributed by atoms with Crippen LogP contribution in [0.25, 0.3) is 11.3 Å². The molecule has 1 aliphatic rings. The Morgan fingerprint density at radius 3 is 1.97 bits per heavy atom. The van der Waals surface area contributed by atoms with Crippen molar-refractivity contribution < 1.29 is 8.78 Å². The summed E-state index contributed by atoms with van der Waals surface area (Å²) in [7, 11) is 0. The molecule has 1 fully saturated rings. The van der Waals surface area contributed by atoms with Gasteiger partial charge in [-0.15, -0.1) is 0 Å². The molecule has 0 atom stereocenters. The summed E-state index contributed by atoms with van der Waals surface area (Å²) in [5, 5.41) is 8.43. The van der Waals surface area contributed by atoms with E-state index in [0.29, 0.717) is 23.6 Å². The Morgan fingerprint density at radius 2 is 1.31 bits per heavy atom. The summed E-state index contributed by atoms with van der Waals surface area (Å²) >= 11 is 0. The van der Waals surface area contributed by atoms with E-state index in [9.17, 15) is 8.78 Å². The second kappa shape index (κ2) is 15.3. The van der Waals surface area contributed by atoms with Crippen LogP contribution in [0.1, 0.15) is 121 Å². The highest BCUT2D eigenvalue weighted by Gasteiger charge is 2.22. The molecule has 35 heavy (non-hydrogen) atoms. The van der Waals surface area contributed by atoms with Crippen molar-refractivity contribution in [1.82, 2.24) is 10.2 Å². The monoisotopic (exact) mass is 484 g/mol. The van der Waals surface area contributed by atoms with Crippen LogP contribution in [0, 0.1) is 23.5 Å². The maximum absolute atomic E-state index is 14.9. The van der Waals surface area contributed by atoms with Crippen molar-refractivity contribution in [3.05, 3.63) is 47.2 Å². The van der Waals surface area contributed by atoms with Crippen molar-refractivity contribution in [2.24, 2.45) is 11.8 Å². The molecule has 1 heterocycles. The van der Waals surface area contributed by atoms with E-state index in [1.54, 1.807) is 18.2 Å². The number of aryl methyl sites for hydroxylation is 2. The summed E-state index contributed by atoms with van der Waals surface area (Å²) < 4.78 is 29.8. The lowest BCUT2D eigenvalue weighted by atomic mass is 9.77. The molecular weight excluding hydrogens is 438 g/mol. The molecule has 0 aliphatic heterocycles. The third-order valence-corrected chi connectivity index (χ3v) is 7.95. The average molecular weight is 485 g/mol. The Kier molecular flexibility index (Phi) is 12.1. The van der Waals surface area contributed by atoms with E-state index in [1.165, 1.54) is 83.5 Å². The average Bonchev–Trinajstić information content (AvgIpc) is 2.89. The summed E-state index contributed by atoms with van der Waals surface area (Å²) in [4.78, 5) is 0. The van der Waals surface area contributed by atoms with Crippen LogP contribution in [0.2, 0.25) is 0 Å². The second-order valence-electron chi connectivity index (χ2n) is 10.7. The zero-order valence-corrected chi connectivity index (χ0v) is 22.1. The van der Waals surface area contributed by atoms with Crippen LogP contribution in [0.4, 0.5) is 8.78 Å². The second-order valence-corrected chi connectivity index (χ2v) is 10.7. The fraction of sp³-hybridized carbons (Fsp3) is 0.677. The Labute approximate surface area is 212 Å². The highest BCUT2D eigenvalue weighted by Crippen LogP contribution is 2.35. The van der Waals surface area contributed by atoms with Gasteiger partial charge in [0.15, 0.2) is 11.6 Å². The number of hydrogen-bond donors (Lipinski definition) is 0. The van der Waals surface area contributed by atoms with Gasteiger partial charge in [-0.2, -0.15) is 10.2 Å². The number of benzene rings is 1. The number of nitrogens with zero attached hydrogens (tertiary/aromatic N) is 2. The largest absolute Gasteiger partial charge is 0.203 e. The molecule has 0 N–H and O–H groups in total. The lowest BCUT2D eigenvalue weighted by molar-refractivity contribution is 0.248. The van der Waals surface area contributed by atoms with Crippen molar-refractivity contribution in [3.8, 4) is 11.3 Å². The van der Waals surface area contributed by atoms with Crippen molar-refractivity contribution >= 4 is 0 Å². The third kappa shape index (κ3) is 8.95. The molecule has 0 amide bonds. The van der Waals surface area contributed by atoms with Gasteiger partial charge in [0.2, 0.25) is 0 Å². The number of rotatable bonds is 15. The molecule has 1 aromatic carbocycles. The Bertz CT molecular complexity index is 857. The first-order valence-corrected chi connectivity index (χ1v) is 14.4. The first kappa shape index (κ1) is 27.7. The molecule has 1 aliphatic carbocycles. The molecule has 1 saturated carbocycles. The third-order valence-electron chi connectivity index (χ3n) is 7.95. The predicted octanol–water partition coefficient (Wildman–Crippen LogP) is 9.64. The quantitative estimate of drug-likeness (QED) is 0.235. The van der Waals surface area contributed by atoms with Gasteiger partial charge >= 0.3 is 0 Å². The van der Waals surface area contributed by atoms with Crippen LogP contribution in [0.15, 0.2) is 24.3 Å². The van der Waals surface area contributed by atoms with E-state index in [1.807, 2.05) is 6.07 Å². The molecule has 0 unspecified atom stereocenters. The first-order valence-electron chi connectivity index (χ1n) is 14.4. The molecule has 1 aromatic heterocycles. The van der Waals surface area contributed by atoms with E-state index in [-0.39, 0.29) is 5.56 Å². The fourth-order valence-corrected chi connectivity index (χ4v) is 5.56. The van der Waals surface area contributed by atoms with E-state index in [4.69, 9.17) is 0 Å². The van der Waals surface area contributed by atoms with Crippen molar-refractivity contribution in [2.75, 3.05) is 0 Å². The summed E-state index contributed by atoms with van der Waals surface area (Å²) in [5.41, 5.74) is 2.01. The molecule has 0 bridgehead atoms. The number of hydrogen-bond acceptors (Lipinski definition) is 2. The van der Waals surface area contributed by atoms with Crippen LogP contribution >= 0.6 is 0 Å². The summed E-state index contributed by atoms with van der Waals surface area (Å²) in [6.07, 6.45) is 20.4. The Morgan fingerprint density at radius 1 is 0.657 bits per heavy atom. The van der Waals surface area contributed by atoms with E-state index >= 15 is 0 Å². The van der Waals surface area contributed by atoms with Crippen LogP contribution in [0.5, 0.6) is 0 Å². The Balaban J connectivity index is 1.45. The van der Waals surface area contributed by atoms with Gasteiger partial charge in [0.25, 0.3) is 0 Å². The van der Waals surface area contributed by atoms with Gasteiger partial charge in [-0.3, -0.25) is 0 Å². The SMILES string of the molecule is CCCCCCCC1CCC(CCc2ccc(-c3ccc(CCCCCC)nn3)c(F)c2F)CC1. The van der Waals surface area contributed by atoms with Gasteiger partial charge in [-0.25, -0.2) is 8.78 Å². The topological polar surface area (TPSA) is 25.8 Å². The number of unbranched alkanes of at least 4 members (excludes halogenated alkanes) is 7. The molecule has 2 nitrogen and oxygen atoms in total. The minimum Gasteiger partial charge on any atom is -0.203 e. The van der Waals surface area contributed by atoms with Gasteiger partial charge in [0, 0.05) is 5.56 Å². The van der Waals surface area contributed by atoms with Crippen LogP contribution in [0.3, 0.4) is 0 Å². The van der Waals surface area contributed by atoms with Gasteiger partial charge in [-0.05, 0) is 61.3 Å². The highest BCUT2D eigenvalue weighted by atomic mass is 19.2. The molecule has 2 aromatic rings. The lowest BCUT2D eigenvalue weighted by Gasteiger charge is -2.28. The lowest BCUT2D eigenvalue weighted by Crippen LogP contribution is -2.15. The van der Waals surface area contributed by atoms with Crippen LogP contribution in [-0.4, -0.2) is 10.2 Å². The zero-order valence-electron chi connectivity index (χ0n) is 22.1. The van der Waals surface area contributed by atoms with E-state index in [0.717, 1.165) is 30.9 Å². The molecular formula is C31H46F2N2. The van der Waals surface area contributed by atoms with Gasteiger partial charge < -0.3 is 0 Å². The van der Waals surface area contributed by atoms with Crippen molar-refractivity contribution in [1.29, 1.82) is 0 Å². The van der Waals surface area contributed by atoms with Gasteiger partial charge in [0.05, 0.1) is 11.4 Å². The number of aromatic nitrogens is 2. The normalized spacial score (nSPS) is 18.2. The minimum atomic E-state index is -0.792. The van der Waals surface area contributed by atoms with Crippen molar-refractivity contribution in [2.45, 2.75) is 123 Å². The van der Waals surface area contributed by atoms with Gasteiger partial charge in [-0.1, -0.05) is 103 Å². The Hall–Kier alpha value is -1.84. The van der Waals surface area contributed by atoms with Crippen LogP contribution < -0.4 is 0 Å².